The highest BCUT2D eigenvalue weighted by Crippen LogP contribution is 2.11. The van der Waals surface area contributed by atoms with Crippen molar-refractivity contribution in [1.82, 2.24) is 5.32 Å². The van der Waals surface area contributed by atoms with E-state index in [1.165, 1.54) is 6.07 Å². The predicted molar refractivity (Wildman–Crippen MR) is 86.4 cm³/mol. The molecule has 0 bridgehead atoms. The molecule has 22 heavy (non-hydrogen) atoms. The van der Waals surface area contributed by atoms with Gasteiger partial charge in [0.25, 0.3) is 0 Å². The molecule has 0 aliphatic carbocycles. The number of halogens is 2. The van der Waals surface area contributed by atoms with Gasteiger partial charge in [-0.1, -0.05) is 41.9 Å². The first-order valence-electron chi connectivity index (χ1n) is 6.64. The molecule has 1 unspecified atom stereocenters. The van der Waals surface area contributed by atoms with Gasteiger partial charge in [0.1, 0.15) is 11.6 Å². The molecule has 1 atom stereocenters. The summed E-state index contributed by atoms with van der Waals surface area (Å²) in [6, 6.07) is 13.2. The van der Waals surface area contributed by atoms with Crippen LogP contribution < -0.4 is 5.32 Å². The Balaban J connectivity index is 1.82. The van der Waals surface area contributed by atoms with Crippen LogP contribution in [0.15, 0.2) is 48.5 Å². The van der Waals surface area contributed by atoms with Crippen LogP contribution in [0.5, 0.6) is 0 Å². The first-order valence-corrected chi connectivity index (χ1v) is 8.51. The molecule has 1 amide bonds. The van der Waals surface area contributed by atoms with Gasteiger partial charge in [-0.15, -0.1) is 0 Å². The minimum absolute atomic E-state index is 0.0251. The fourth-order valence-corrected chi connectivity index (χ4v) is 3.18. The minimum Gasteiger partial charge on any atom is -0.351 e. The Morgan fingerprint density at radius 2 is 1.95 bits per heavy atom. The molecule has 0 aromatic heterocycles. The van der Waals surface area contributed by atoms with Crippen LogP contribution >= 0.6 is 11.6 Å². The summed E-state index contributed by atoms with van der Waals surface area (Å²) in [6.45, 7) is 0.316. The highest BCUT2D eigenvalue weighted by molar-refractivity contribution is 7.84. The standard InChI is InChI=1S/C16H15ClFNO2S/c17-14-6-3-4-12(8-14)9-19-16(20)11-22(21)10-13-5-1-2-7-15(13)18/h1-8H,9-11H2,(H,19,20). The lowest BCUT2D eigenvalue weighted by atomic mass is 10.2. The lowest BCUT2D eigenvalue weighted by Crippen LogP contribution is -2.28. The van der Waals surface area contributed by atoms with Crippen molar-refractivity contribution < 1.29 is 13.4 Å². The SMILES string of the molecule is O=C(CS(=O)Cc1ccccc1F)NCc1cccc(Cl)c1. The molecule has 0 fully saturated rings. The number of nitrogens with one attached hydrogen (secondary N) is 1. The molecule has 1 N–H and O–H groups in total. The van der Waals surface area contributed by atoms with E-state index < -0.39 is 16.6 Å². The summed E-state index contributed by atoms with van der Waals surface area (Å²) >= 11 is 5.85. The van der Waals surface area contributed by atoms with E-state index in [-0.39, 0.29) is 17.4 Å². The van der Waals surface area contributed by atoms with Crippen molar-refractivity contribution in [3.05, 3.63) is 70.5 Å². The van der Waals surface area contributed by atoms with E-state index >= 15 is 0 Å². The molecule has 6 heteroatoms. The van der Waals surface area contributed by atoms with E-state index in [0.29, 0.717) is 17.1 Å². The highest BCUT2D eigenvalue weighted by atomic mass is 35.5. The zero-order chi connectivity index (χ0) is 15.9. The van der Waals surface area contributed by atoms with Crippen LogP contribution in [0.4, 0.5) is 4.39 Å². The molecule has 0 saturated heterocycles. The minimum atomic E-state index is -1.45. The molecule has 0 heterocycles. The molecule has 3 nitrogen and oxygen atoms in total. The Morgan fingerprint density at radius 1 is 1.18 bits per heavy atom. The maximum Gasteiger partial charge on any atom is 0.232 e. The van der Waals surface area contributed by atoms with Crippen molar-refractivity contribution in [1.29, 1.82) is 0 Å². The van der Waals surface area contributed by atoms with Crippen LogP contribution in [0.3, 0.4) is 0 Å². The maximum atomic E-state index is 13.4. The quantitative estimate of drug-likeness (QED) is 0.879. The monoisotopic (exact) mass is 339 g/mol. The van der Waals surface area contributed by atoms with Gasteiger partial charge in [0.05, 0.1) is 5.75 Å². The first kappa shape index (κ1) is 16.6. The Bertz CT molecular complexity index is 693. The third kappa shape index (κ3) is 5.24. The first-order chi connectivity index (χ1) is 10.5. The normalized spacial score (nSPS) is 11.9. The molecule has 0 aliphatic heterocycles. The van der Waals surface area contributed by atoms with Gasteiger partial charge >= 0.3 is 0 Å². The second-order valence-electron chi connectivity index (χ2n) is 4.73. The highest BCUT2D eigenvalue weighted by Gasteiger charge is 2.11. The van der Waals surface area contributed by atoms with Gasteiger partial charge < -0.3 is 5.32 Å². The molecule has 116 valence electrons. The van der Waals surface area contributed by atoms with Crippen LogP contribution in [0.1, 0.15) is 11.1 Å². The maximum absolute atomic E-state index is 13.4. The fraction of sp³-hybridized carbons (Fsp3) is 0.188. The van der Waals surface area contributed by atoms with Gasteiger partial charge in [-0.3, -0.25) is 9.00 Å². The van der Waals surface area contributed by atoms with E-state index in [0.717, 1.165) is 5.56 Å². The number of hydrogen-bond donors (Lipinski definition) is 1. The number of carbonyl (C=O) groups is 1. The van der Waals surface area contributed by atoms with E-state index in [2.05, 4.69) is 5.32 Å². The largest absolute Gasteiger partial charge is 0.351 e. The van der Waals surface area contributed by atoms with Crippen LogP contribution in [0.2, 0.25) is 5.02 Å². The average Bonchev–Trinajstić information content (AvgIpc) is 2.47. The van der Waals surface area contributed by atoms with Crippen LogP contribution in [-0.4, -0.2) is 15.9 Å². The molecule has 0 spiro atoms. The summed E-state index contributed by atoms with van der Waals surface area (Å²) in [6.07, 6.45) is 0. The van der Waals surface area contributed by atoms with E-state index in [1.54, 1.807) is 36.4 Å². The molecule has 2 aromatic carbocycles. The molecule has 2 aromatic rings. The van der Waals surface area contributed by atoms with E-state index in [1.807, 2.05) is 6.07 Å². The molecule has 2 rings (SSSR count). The number of rotatable bonds is 6. The van der Waals surface area contributed by atoms with Crippen molar-refractivity contribution in [2.24, 2.45) is 0 Å². The number of amides is 1. The third-order valence-electron chi connectivity index (χ3n) is 2.95. The summed E-state index contributed by atoms with van der Waals surface area (Å²) in [5.41, 5.74) is 1.21. The summed E-state index contributed by atoms with van der Waals surface area (Å²) in [5, 5.41) is 3.27. The number of hydrogen-bond acceptors (Lipinski definition) is 2. The zero-order valence-corrected chi connectivity index (χ0v) is 13.3. The second kappa shape index (κ2) is 8.06. The topological polar surface area (TPSA) is 46.2 Å². The van der Waals surface area contributed by atoms with Gasteiger partial charge in [-0.05, 0) is 23.8 Å². The second-order valence-corrected chi connectivity index (χ2v) is 6.62. The van der Waals surface area contributed by atoms with E-state index in [4.69, 9.17) is 11.6 Å². The number of carbonyl (C=O) groups excluding carboxylic acids is 1. The molecule has 0 radical (unpaired) electrons. The van der Waals surface area contributed by atoms with Gasteiger partial charge in [0.15, 0.2) is 0 Å². The van der Waals surface area contributed by atoms with Crippen LogP contribution in [0.25, 0.3) is 0 Å². The Morgan fingerprint density at radius 3 is 2.68 bits per heavy atom. The summed E-state index contributed by atoms with van der Waals surface area (Å²) in [7, 11) is -1.45. The summed E-state index contributed by atoms with van der Waals surface area (Å²) < 4.78 is 25.4. The Hall–Kier alpha value is -1.72. The average molecular weight is 340 g/mol. The summed E-state index contributed by atoms with van der Waals surface area (Å²) in [4.78, 5) is 11.8. The van der Waals surface area contributed by atoms with Crippen molar-refractivity contribution in [2.45, 2.75) is 12.3 Å². The molecular weight excluding hydrogens is 325 g/mol. The Labute approximate surface area is 136 Å². The lowest BCUT2D eigenvalue weighted by molar-refractivity contribution is -0.118. The predicted octanol–water partition coefficient (Wildman–Crippen LogP) is 3.04. The van der Waals surface area contributed by atoms with E-state index in [9.17, 15) is 13.4 Å². The van der Waals surface area contributed by atoms with Crippen molar-refractivity contribution in [3.63, 3.8) is 0 Å². The number of benzene rings is 2. The van der Waals surface area contributed by atoms with Gasteiger partial charge in [-0.2, -0.15) is 0 Å². The van der Waals surface area contributed by atoms with Crippen LogP contribution in [0, 0.1) is 5.82 Å². The Kier molecular flexibility index (Phi) is 6.10. The van der Waals surface area contributed by atoms with Crippen molar-refractivity contribution in [2.75, 3.05) is 5.75 Å². The molecule has 0 saturated carbocycles. The fourth-order valence-electron chi connectivity index (χ4n) is 1.88. The zero-order valence-electron chi connectivity index (χ0n) is 11.7. The smallest absolute Gasteiger partial charge is 0.232 e. The van der Waals surface area contributed by atoms with Crippen molar-refractivity contribution >= 4 is 28.3 Å². The molecular formula is C16H15ClFNO2S. The lowest BCUT2D eigenvalue weighted by Gasteiger charge is -2.06. The summed E-state index contributed by atoms with van der Waals surface area (Å²) in [5.74, 6) is -0.878. The van der Waals surface area contributed by atoms with Crippen molar-refractivity contribution in [3.8, 4) is 0 Å². The third-order valence-corrected chi connectivity index (χ3v) is 4.40. The van der Waals surface area contributed by atoms with Gasteiger partial charge in [0, 0.05) is 27.9 Å². The van der Waals surface area contributed by atoms with Gasteiger partial charge in [-0.25, -0.2) is 4.39 Å². The molecule has 0 aliphatic rings. The van der Waals surface area contributed by atoms with Crippen LogP contribution in [-0.2, 0) is 27.9 Å². The van der Waals surface area contributed by atoms with Gasteiger partial charge in [0.2, 0.25) is 5.91 Å².